The Hall–Kier alpha value is -3.23. The molecule has 8 nitrogen and oxygen atoms in total. The van der Waals surface area contributed by atoms with E-state index in [1.54, 1.807) is 0 Å². The summed E-state index contributed by atoms with van der Waals surface area (Å²) in [4.78, 5) is 22.4. The van der Waals surface area contributed by atoms with Gasteiger partial charge in [0.25, 0.3) is 0 Å². The third-order valence-electron chi connectivity index (χ3n) is 3.55. The maximum Gasteiger partial charge on any atom is 0.351 e. The summed E-state index contributed by atoms with van der Waals surface area (Å²) in [5.74, 6) is 0.493. The second-order valence-electron chi connectivity index (χ2n) is 5.38. The quantitative estimate of drug-likeness (QED) is 0.461. The van der Waals surface area contributed by atoms with Gasteiger partial charge in [0.15, 0.2) is 0 Å². The Labute approximate surface area is 144 Å². The van der Waals surface area contributed by atoms with Gasteiger partial charge in [-0.1, -0.05) is 24.3 Å². The summed E-state index contributed by atoms with van der Waals surface area (Å²) in [6.07, 6.45) is 0. The molecule has 0 radical (unpaired) electrons. The Morgan fingerprint density at radius 1 is 0.800 bits per heavy atom. The maximum atomic E-state index is 11.8. The molecule has 7 N–H and O–H groups in total. The molecule has 1 heterocycles. The molecule has 0 aliphatic rings. The third kappa shape index (κ3) is 4.40. The van der Waals surface area contributed by atoms with Crippen LogP contribution in [0.15, 0.2) is 53.3 Å². The molecule has 0 saturated heterocycles. The van der Waals surface area contributed by atoms with Crippen molar-refractivity contribution in [2.45, 2.75) is 13.1 Å². The van der Waals surface area contributed by atoms with Crippen LogP contribution in [0.1, 0.15) is 11.1 Å². The van der Waals surface area contributed by atoms with Gasteiger partial charge in [0.2, 0.25) is 11.9 Å². The molecule has 2 aromatic carbocycles. The molecule has 25 heavy (non-hydrogen) atoms. The zero-order valence-corrected chi connectivity index (χ0v) is 13.5. The number of aromatic amines is 1. The molecule has 0 bridgehead atoms. The van der Waals surface area contributed by atoms with E-state index in [2.05, 4.69) is 25.6 Å². The molecule has 0 unspecified atom stereocenters. The number of hydrogen-bond acceptors (Lipinski definition) is 7. The van der Waals surface area contributed by atoms with Crippen LogP contribution in [0.4, 0.5) is 23.3 Å². The van der Waals surface area contributed by atoms with Crippen LogP contribution in [0.2, 0.25) is 0 Å². The van der Waals surface area contributed by atoms with Gasteiger partial charge in [-0.2, -0.15) is 9.97 Å². The van der Waals surface area contributed by atoms with E-state index in [4.69, 9.17) is 11.5 Å². The Morgan fingerprint density at radius 2 is 1.32 bits per heavy atom. The topological polar surface area (TPSA) is 135 Å². The van der Waals surface area contributed by atoms with Gasteiger partial charge in [-0.25, -0.2) is 4.79 Å². The minimum atomic E-state index is -0.503. The molecule has 3 rings (SSSR count). The third-order valence-corrected chi connectivity index (χ3v) is 3.55. The second-order valence-corrected chi connectivity index (χ2v) is 5.38. The average molecular weight is 337 g/mol. The molecular formula is C17H19N7O. The van der Waals surface area contributed by atoms with Crippen molar-refractivity contribution in [3.8, 4) is 0 Å². The summed E-state index contributed by atoms with van der Waals surface area (Å²) in [6.45, 7) is 0.945. The van der Waals surface area contributed by atoms with Crippen molar-refractivity contribution in [1.29, 1.82) is 0 Å². The van der Waals surface area contributed by atoms with Gasteiger partial charge in [0, 0.05) is 24.5 Å². The van der Waals surface area contributed by atoms with E-state index in [0.29, 0.717) is 19.0 Å². The van der Waals surface area contributed by atoms with E-state index < -0.39 is 5.69 Å². The van der Waals surface area contributed by atoms with Crippen molar-refractivity contribution in [3.05, 3.63) is 70.1 Å². The summed E-state index contributed by atoms with van der Waals surface area (Å²) in [7, 11) is 0. The number of nitrogens with one attached hydrogen (secondary N) is 3. The summed E-state index contributed by atoms with van der Waals surface area (Å²) in [5, 5.41) is 6.04. The first-order chi connectivity index (χ1) is 12.2. The van der Waals surface area contributed by atoms with Crippen LogP contribution in [0.5, 0.6) is 0 Å². The fraction of sp³-hybridized carbons (Fsp3) is 0.118. The lowest BCUT2D eigenvalue weighted by atomic mass is 10.2. The molecule has 0 spiro atoms. The van der Waals surface area contributed by atoms with Gasteiger partial charge in [-0.3, -0.25) is 4.98 Å². The Bertz CT molecular complexity index is 817. The fourth-order valence-corrected chi connectivity index (χ4v) is 2.21. The van der Waals surface area contributed by atoms with E-state index in [0.717, 1.165) is 22.5 Å². The number of benzene rings is 2. The second kappa shape index (κ2) is 7.56. The van der Waals surface area contributed by atoms with E-state index in [9.17, 15) is 4.79 Å². The highest BCUT2D eigenvalue weighted by Crippen LogP contribution is 2.16. The van der Waals surface area contributed by atoms with Crippen molar-refractivity contribution in [1.82, 2.24) is 15.0 Å². The zero-order chi connectivity index (χ0) is 17.6. The summed E-state index contributed by atoms with van der Waals surface area (Å²) < 4.78 is 0. The summed E-state index contributed by atoms with van der Waals surface area (Å²) in [5.41, 5.74) is 14.2. The van der Waals surface area contributed by atoms with Crippen molar-refractivity contribution in [2.75, 3.05) is 10.6 Å². The zero-order valence-electron chi connectivity index (χ0n) is 13.5. The van der Waals surface area contributed by atoms with Crippen LogP contribution in [0.25, 0.3) is 0 Å². The molecule has 8 heteroatoms. The van der Waals surface area contributed by atoms with Gasteiger partial charge in [-0.15, -0.1) is 0 Å². The predicted octanol–water partition coefficient (Wildman–Crippen LogP) is 1.57. The minimum absolute atomic E-state index is 0.199. The van der Waals surface area contributed by atoms with E-state index in [1.165, 1.54) is 0 Å². The largest absolute Gasteiger partial charge is 0.351 e. The van der Waals surface area contributed by atoms with Crippen LogP contribution in [-0.4, -0.2) is 15.0 Å². The first-order valence-electron chi connectivity index (χ1n) is 7.76. The van der Waals surface area contributed by atoms with E-state index in [1.807, 2.05) is 48.5 Å². The Morgan fingerprint density at radius 3 is 1.84 bits per heavy atom. The number of H-pyrrole nitrogens is 1. The van der Waals surface area contributed by atoms with Gasteiger partial charge in [0.1, 0.15) is 0 Å². The summed E-state index contributed by atoms with van der Waals surface area (Å²) in [6, 6.07) is 15.0. The number of anilines is 4. The highest BCUT2D eigenvalue weighted by molar-refractivity contribution is 5.57. The molecule has 0 saturated carbocycles. The predicted molar refractivity (Wildman–Crippen MR) is 97.9 cm³/mol. The lowest BCUT2D eigenvalue weighted by molar-refractivity contribution is 1.000. The van der Waals surface area contributed by atoms with Crippen molar-refractivity contribution >= 4 is 23.3 Å². The standard InChI is InChI=1S/C17H19N7O/c18-9-11-1-5-13(6-2-11)20-15-22-16(24-17(25)23-15)21-14-7-3-12(10-19)4-8-14/h1-8H,9-10,18-19H2,(H3,20,21,22,23,24,25). The number of rotatable bonds is 6. The highest BCUT2D eigenvalue weighted by Gasteiger charge is 2.04. The molecule has 0 atom stereocenters. The number of nitrogens with zero attached hydrogens (tertiary/aromatic N) is 2. The molecule has 1 aromatic heterocycles. The first kappa shape index (κ1) is 16.6. The number of nitrogens with two attached hydrogens (primary N) is 2. The SMILES string of the molecule is NCc1ccc(Nc2nc(Nc3ccc(CN)cc3)[nH]c(=O)n2)cc1. The minimum Gasteiger partial charge on any atom is -0.326 e. The smallest absolute Gasteiger partial charge is 0.326 e. The van der Waals surface area contributed by atoms with Crippen molar-refractivity contribution < 1.29 is 0 Å². The van der Waals surface area contributed by atoms with Gasteiger partial charge in [-0.05, 0) is 35.4 Å². The first-order valence-corrected chi connectivity index (χ1v) is 7.76. The van der Waals surface area contributed by atoms with Gasteiger partial charge < -0.3 is 22.1 Å². The average Bonchev–Trinajstić information content (AvgIpc) is 2.62. The molecule has 0 aliphatic heterocycles. The van der Waals surface area contributed by atoms with Crippen molar-refractivity contribution in [2.24, 2.45) is 11.5 Å². The van der Waals surface area contributed by atoms with Crippen molar-refractivity contribution in [3.63, 3.8) is 0 Å². The molecule has 128 valence electrons. The fourth-order valence-electron chi connectivity index (χ4n) is 2.21. The van der Waals surface area contributed by atoms with E-state index in [-0.39, 0.29) is 5.95 Å². The Balaban J connectivity index is 1.78. The normalized spacial score (nSPS) is 10.5. The van der Waals surface area contributed by atoms with Crippen LogP contribution in [0.3, 0.4) is 0 Å². The molecular weight excluding hydrogens is 318 g/mol. The van der Waals surface area contributed by atoms with Gasteiger partial charge in [0.05, 0.1) is 0 Å². The van der Waals surface area contributed by atoms with E-state index >= 15 is 0 Å². The van der Waals surface area contributed by atoms with Crippen LogP contribution < -0.4 is 27.8 Å². The maximum absolute atomic E-state index is 11.8. The molecule has 0 amide bonds. The number of hydrogen-bond donors (Lipinski definition) is 5. The van der Waals surface area contributed by atoms with Crippen LogP contribution >= 0.6 is 0 Å². The molecule has 0 fully saturated rings. The molecule has 3 aromatic rings. The lowest BCUT2D eigenvalue weighted by Crippen LogP contribution is -2.16. The Kier molecular flexibility index (Phi) is 5.03. The lowest BCUT2D eigenvalue weighted by Gasteiger charge is -2.09. The number of aromatic nitrogens is 3. The van der Waals surface area contributed by atoms with Gasteiger partial charge >= 0.3 is 5.69 Å². The molecule has 0 aliphatic carbocycles. The summed E-state index contributed by atoms with van der Waals surface area (Å²) >= 11 is 0. The monoisotopic (exact) mass is 337 g/mol. The van der Waals surface area contributed by atoms with Crippen LogP contribution in [-0.2, 0) is 13.1 Å². The highest BCUT2D eigenvalue weighted by atomic mass is 16.1. The van der Waals surface area contributed by atoms with Crippen LogP contribution in [0, 0.1) is 0 Å².